The molecule has 0 saturated carbocycles. The Morgan fingerprint density at radius 2 is 2.14 bits per heavy atom. The highest BCUT2D eigenvalue weighted by Crippen LogP contribution is 2.18. The molecule has 1 atom stereocenters. The second-order valence-electron chi connectivity index (χ2n) is 5.08. The molecule has 1 heterocycles. The summed E-state index contributed by atoms with van der Waals surface area (Å²) in [6.45, 7) is 4.47. The number of imidazole rings is 1. The van der Waals surface area contributed by atoms with Gasteiger partial charge in [0.05, 0.1) is 25.5 Å². The molecule has 2 aromatic rings. The Morgan fingerprint density at radius 1 is 1.32 bits per heavy atom. The molecule has 1 amide bonds. The maximum Gasteiger partial charge on any atom is 0.227 e. The van der Waals surface area contributed by atoms with Crippen LogP contribution in [0.25, 0.3) is 0 Å². The topological polar surface area (TPSA) is 56.1 Å². The summed E-state index contributed by atoms with van der Waals surface area (Å²) in [4.78, 5) is 16.2. The van der Waals surface area contributed by atoms with Gasteiger partial charge in [-0.15, -0.1) is 0 Å². The Morgan fingerprint density at radius 3 is 2.82 bits per heavy atom. The van der Waals surface area contributed by atoms with E-state index in [9.17, 15) is 4.79 Å². The maximum absolute atomic E-state index is 12.2. The van der Waals surface area contributed by atoms with Crippen LogP contribution in [-0.4, -0.2) is 35.2 Å². The van der Waals surface area contributed by atoms with Gasteiger partial charge in [-0.3, -0.25) is 4.79 Å². The molecule has 0 aliphatic rings. The number of carbonyl (C=O) groups is 1. The molecule has 0 aliphatic carbocycles. The number of benzene rings is 1. The van der Waals surface area contributed by atoms with E-state index in [4.69, 9.17) is 4.74 Å². The van der Waals surface area contributed by atoms with Crippen LogP contribution in [0.15, 0.2) is 49.1 Å². The fourth-order valence-corrected chi connectivity index (χ4v) is 2.32. The molecule has 5 nitrogen and oxygen atoms in total. The molecule has 2 rings (SSSR count). The van der Waals surface area contributed by atoms with E-state index in [1.807, 2.05) is 48.0 Å². The first kappa shape index (κ1) is 16.2. The normalized spacial score (nSPS) is 12.0. The minimum atomic E-state index is -0.0906. The number of hydrogen-bond acceptors (Lipinski definition) is 3. The van der Waals surface area contributed by atoms with Crippen LogP contribution < -0.4 is 5.32 Å². The number of rotatable bonds is 9. The van der Waals surface area contributed by atoms with Crippen molar-refractivity contribution >= 4 is 5.91 Å². The average Bonchev–Trinajstić information content (AvgIpc) is 3.06. The van der Waals surface area contributed by atoms with Crippen LogP contribution in [0.3, 0.4) is 0 Å². The van der Waals surface area contributed by atoms with Crippen molar-refractivity contribution in [2.24, 2.45) is 0 Å². The fraction of sp³-hybridized carbons (Fsp3) is 0.412. The van der Waals surface area contributed by atoms with Crippen molar-refractivity contribution in [3.63, 3.8) is 0 Å². The van der Waals surface area contributed by atoms with Gasteiger partial charge in [-0.2, -0.15) is 0 Å². The van der Waals surface area contributed by atoms with Crippen LogP contribution in [0.1, 0.15) is 24.8 Å². The van der Waals surface area contributed by atoms with Gasteiger partial charge in [0.25, 0.3) is 0 Å². The molecular weight excluding hydrogens is 278 g/mol. The molecule has 0 unspecified atom stereocenters. The van der Waals surface area contributed by atoms with Gasteiger partial charge in [-0.25, -0.2) is 4.98 Å². The molecule has 0 bridgehead atoms. The molecule has 0 spiro atoms. The van der Waals surface area contributed by atoms with Crippen LogP contribution in [0, 0.1) is 0 Å². The lowest BCUT2D eigenvalue weighted by atomic mass is 9.96. The van der Waals surface area contributed by atoms with Gasteiger partial charge in [0.15, 0.2) is 0 Å². The molecule has 5 heteroatoms. The van der Waals surface area contributed by atoms with Gasteiger partial charge in [-0.1, -0.05) is 37.3 Å². The van der Waals surface area contributed by atoms with E-state index in [0.29, 0.717) is 19.8 Å². The molecule has 0 aliphatic heterocycles. The summed E-state index contributed by atoms with van der Waals surface area (Å²) in [5.74, 6) is -0.0286. The van der Waals surface area contributed by atoms with E-state index in [-0.39, 0.29) is 11.8 Å². The molecule has 22 heavy (non-hydrogen) atoms. The first-order chi connectivity index (χ1) is 10.8. The van der Waals surface area contributed by atoms with Gasteiger partial charge < -0.3 is 14.6 Å². The summed E-state index contributed by atoms with van der Waals surface area (Å²) in [7, 11) is 0. The van der Waals surface area contributed by atoms with Gasteiger partial charge in [0.2, 0.25) is 5.91 Å². The van der Waals surface area contributed by atoms with Gasteiger partial charge >= 0.3 is 0 Å². The summed E-state index contributed by atoms with van der Waals surface area (Å²) in [6.07, 6.45) is 6.19. The SMILES string of the molecule is CC[C@@H](C(=O)NCCOCCn1ccnc1)c1ccccc1. The fourth-order valence-electron chi connectivity index (χ4n) is 2.32. The zero-order chi connectivity index (χ0) is 15.6. The van der Waals surface area contributed by atoms with E-state index in [0.717, 1.165) is 18.5 Å². The minimum absolute atomic E-state index is 0.0620. The van der Waals surface area contributed by atoms with Crippen LogP contribution in [0.4, 0.5) is 0 Å². The first-order valence-electron chi connectivity index (χ1n) is 7.67. The number of ether oxygens (including phenoxy) is 1. The Balaban J connectivity index is 1.64. The Labute approximate surface area is 131 Å². The number of nitrogens with zero attached hydrogens (tertiary/aromatic N) is 2. The Bertz CT molecular complexity index is 540. The monoisotopic (exact) mass is 301 g/mol. The molecule has 0 radical (unpaired) electrons. The predicted octanol–water partition coefficient (Wildman–Crippen LogP) is 2.21. The molecular formula is C17H23N3O2. The van der Waals surface area contributed by atoms with Gasteiger partial charge in [0.1, 0.15) is 0 Å². The van der Waals surface area contributed by atoms with Crippen molar-refractivity contribution < 1.29 is 9.53 Å². The molecule has 1 N–H and O–H groups in total. The third kappa shape index (κ3) is 5.00. The van der Waals surface area contributed by atoms with Crippen molar-refractivity contribution in [1.82, 2.24) is 14.9 Å². The van der Waals surface area contributed by atoms with Crippen molar-refractivity contribution in [2.75, 3.05) is 19.8 Å². The Kier molecular flexibility index (Phi) is 6.64. The van der Waals surface area contributed by atoms with E-state index < -0.39 is 0 Å². The zero-order valence-electron chi connectivity index (χ0n) is 12.9. The van der Waals surface area contributed by atoms with Crippen LogP contribution in [0.2, 0.25) is 0 Å². The van der Waals surface area contributed by atoms with Crippen molar-refractivity contribution in [1.29, 1.82) is 0 Å². The predicted molar refractivity (Wildman–Crippen MR) is 85.5 cm³/mol. The molecule has 1 aromatic heterocycles. The van der Waals surface area contributed by atoms with Crippen LogP contribution in [-0.2, 0) is 16.1 Å². The van der Waals surface area contributed by atoms with Gasteiger partial charge in [-0.05, 0) is 12.0 Å². The summed E-state index contributed by atoms with van der Waals surface area (Å²) in [5, 5.41) is 2.94. The number of hydrogen-bond donors (Lipinski definition) is 1. The highest BCUT2D eigenvalue weighted by molar-refractivity contribution is 5.83. The smallest absolute Gasteiger partial charge is 0.227 e. The van der Waals surface area contributed by atoms with E-state index in [1.54, 1.807) is 12.5 Å². The lowest BCUT2D eigenvalue weighted by Crippen LogP contribution is -2.32. The standard InChI is InChI=1S/C17H23N3O2/c1-2-16(15-6-4-3-5-7-15)17(21)19-9-12-22-13-11-20-10-8-18-14-20/h3-8,10,14,16H,2,9,11-13H2,1H3,(H,19,21)/t16-/m1/s1. The van der Waals surface area contributed by atoms with Crippen molar-refractivity contribution in [3.05, 3.63) is 54.6 Å². The number of aromatic nitrogens is 2. The number of carbonyl (C=O) groups excluding carboxylic acids is 1. The summed E-state index contributed by atoms with van der Waals surface area (Å²) < 4.78 is 7.47. The first-order valence-corrected chi connectivity index (χ1v) is 7.67. The number of nitrogens with one attached hydrogen (secondary N) is 1. The number of amides is 1. The lowest BCUT2D eigenvalue weighted by Gasteiger charge is -2.15. The van der Waals surface area contributed by atoms with Gasteiger partial charge in [0, 0.05) is 25.5 Å². The molecule has 118 valence electrons. The van der Waals surface area contributed by atoms with Crippen molar-refractivity contribution in [3.8, 4) is 0 Å². The maximum atomic E-state index is 12.2. The van der Waals surface area contributed by atoms with Crippen LogP contribution >= 0.6 is 0 Å². The Hall–Kier alpha value is -2.14. The summed E-state index contributed by atoms with van der Waals surface area (Å²) in [6, 6.07) is 9.88. The minimum Gasteiger partial charge on any atom is -0.378 e. The van der Waals surface area contributed by atoms with E-state index in [1.165, 1.54) is 0 Å². The highest BCUT2D eigenvalue weighted by Gasteiger charge is 2.17. The molecule has 0 saturated heterocycles. The third-order valence-corrected chi connectivity index (χ3v) is 3.53. The summed E-state index contributed by atoms with van der Waals surface area (Å²) in [5.41, 5.74) is 1.06. The van der Waals surface area contributed by atoms with Crippen molar-refractivity contribution in [2.45, 2.75) is 25.8 Å². The second kappa shape index (κ2) is 9.00. The van der Waals surface area contributed by atoms with E-state index in [2.05, 4.69) is 10.3 Å². The van der Waals surface area contributed by atoms with E-state index >= 15 is 0 Å². The van der Waals surface area contributed by atoms with Crippen LogP contribution in [0.5, 0.6) is 0 Å². The zero-order valence-corrected chi connectivity index (χ0v) is 12.9. The molecule has 0 fully saturated rings. The third-order valence-electron chi connectivity index (χ3n) is 3.53. The quantitative estimate of drug-likeness (QED) is 0.723. The molecule has 1 aromatic carbocycles. The second-order valence-corrected chi connectivity index (χ2v) is 5.08. The largest absolute Gasteiger partial charge is 0.378 e. The summed E-state index contributed by atoms with van der Waals surface area (Å²) >= 11 is 0. The average molecular weight is 301 g/mol. The lowest BCUT2D eigenvalue weighted by molar-refractivity contribution is -0.122. The highest BCUT2D eigenvalue weighted by atomic mass is 16.5.